The van der Waals surface area contributed by atoms with E-state index in [1.165, 1.54) is 24.2 Å². The average Bonchev–Trinajstić information content (AvgIpc) is 3.08. The lowest BCUT2D eigenvalue weighted by molar-refractivity contribution is 0.296. The van der Waals surface area contributed by atoms with E-state index in [1.807, 2.05) is 5.38 Å². The highest BCUT2D eigenvalue weighted by Crippen LogP contribution is 2.35. The van der Waals surface area contributed by atoms with Gasteiger partial charge >= 0.3 is 0 Å². The molecule has 2 heterocycles. The molecule has 4 nitrogen and oxygen atoms in total. The summed E-state index contributed by atoms with van der Waals surface area (Å²) in [7, 11) is 0. The zero-order valence-corrected chi connectivity index (χ0v) is 13.8. The lowest BCUT2D eigenvalue weighted by atomic mass is 9.93. The molecule has 0 bridgehead atoms. The number of aliphatic hydroxyl groups excluding tert-OH is 1. The van der Waals surface area contributed by atoms with Gasteiger partial charge in [-0.2, -0.15) is 0 Å². The Bertz CT molecular complexity index is 591. The molecule has 114 valence electrons. The van der Waals surface area contributed by atoms with Crippen LogP contribution in [0, 0.1) is 5.41 Å². The van der Waals surface area contributed by atoms with Gasteiger partial charge in [0.2, 0.25) is 0 Å². The van der Waals surface area contributed by atoms with Crippen molar-refractivity contribution in [1.82, 2.24) is 9.88 Å². The van der Waals surface area contributed by atoms with Crippen molar-refractivity contribution < 1.29 is 5.11 Å². The van der Waals surface area contributed by atoms with Crippen LogP contribution in [-0.2, 0) is 5.41 Å². The number of rotatable bonds is 2. The predicted octanol–water partition coefficient (Wildman–Crippen LogP) is 3.95. The van der Waals surface area contributed by atoms with Crippen LogP contribution in [0.15, 0.2) is 11.1 Å². The van der Waals surface area contributed by atoms with Gasteiger partial charge in [-0.15, -0.1) is 11.3 Å². The van der Waals surface area contributed by atoms with Gasteiger partial charge in [0.05, 0.1) is 17.8 Å². The summed E-state index contributed by atoms with van der Waals surface area (Å²) < 4.78 is 0. The smallest absolute Gasteiger partial charge is 0.135 e. The molecule has 1 saturated carbocycles. The third-order valence-electron chi connectivity index (χ3n) is 4.38. The van der Waals surface area contributed by atoms with Gasteiger partial charge in [-0.1, -0.05) is 33.6 Å². The zero-order chi connectivity index (χ0) is 15.2. The maximum absolute atomic E-state index is 10.3. The van der Waals surface area contributed by atoms with Gasteiger partial charge in [0.15, 0.2) is 0 Å². The number of thiazole rings is 1. The number of amidine groups is 1. The van der Waals surface area contributed by atoms with Crippen molar-refractivity contribution >= 4 is 22.7 Å². The molecular formula is C16H23N3OS. The van der Waals surface area contributed by atoms with Crippen LogP contribution in [0.3, 0.4) is 0 Å². The number of nitrogens with zero attached hydrogens (tertiary/aromatic N) is 2. The fraction of sp³-hybridized carbons (Fsp3) is 0.625. The van der Waals surface area contributed by atoms with Crippen LogP contribution in [0.25, 0.3) is 5.57 Å². The first-order chi connectivity index (χ1) is 9.88. The summed E-state index contributed by atoms with van der Waals surface area (Å²) in [6.45, 7) is 6.86. The maximum atomic E-state index is 10.3. The van der Waals surface area contributed by atoms with Crippen LogP contribution >= 0.6 is 11.3 Å². The molecule has 0 unspecified atom stereocenters. The van der Waals surface area contributed by atoms with Gasteiger partial charge in [-0.3, -0.25) is 5.41 Å². The van der Waals surface area contributed by atoms with E-state index in [0.29, 0.717) is 29.8 Å². The van der Waals surface area contributed by atoms with Gasteiger partial charge in [0.25, 0.3) is 0 Å². The molecule has 3 rings (SSSR count). The first-order valence-electron chi connectivity index (χ1n) is 7.62. The maximum Gasteiger partial charge on any atom is 0.135 e. The number of aliphatic hydroxyl groups is 1. The summed E-state index contributed by atoms with van der Waals surface area (Å²) in [4.78, 5) is 6.71. The molecule has 1 aromatic rings. The van der Waals surface area contributed by atoms with Crippen LogP contribution in [0.1, 0.15) is 57.2 Å². The minimum absolute atomic E-state index is 0.00311. The van der Waals surface area contributed by atoms with Crippen molar-refractivity contribution in [2.45, 2.75) is 57.9 Å². The monoisotopic (exact) mass is 305 g/mol. The molecule has 0 saturated heterocycles. The number of hydrogen-bond acceptors (Lipinski definition) is 4. The minimum atomic E-state index is -0.00311. The van der Waals surface area contributed by atoms with E-state index in [4.69, 9.17) is 5.41 Å². The molecular weight excluding hydrogens is 282 g/mol. The third-order valence-corrected chi connectivity index (χ3v) is 5.24. The largest absolute Gasteiger partial charge is 0.510 e. The van der Waals surface area contributed by atoms with Gasteiger partial charge in [-0.05, 0) is 12.8 Å². The summed E-state index contributed by atoms with van der Waals surface area (Å²) >= 11 is 1.53. The second-order valence-electron chi connectivity index (χ2n) is 7.02. The Morgan fingerprint density at radius 2 is 2.00 bits per heavy atom. The first kappa shape index (κ1) is 14.6. The van der Waals surface area contributed by atoms with Gasteiger partial charge in [0.1, 0.15) is 16.6 Å². The van der Waals surface area contributed by atoms with E-state index in [-0.39, 0.29) is 5.41 Å². The molecule has 0 radical (unpaired) electrons. The van der Waals surface area contributed by atoms with Crippen molar-refractivity contribution in [3.05, 3.63) is 21.8 Å². The fourth-order valence-corrected chi connectivity index (χ4v) is 4.20. The molecule has 0 amide bonds. The summed E-state index contributed by atoms with van der Waals surface area (Å²) in [5, 5.41) is 21.6. The molecule has 1 aliphatic carbocycles. The Morgan fingerprint density at radius 1 is 1.33 bits per heavy atom. The van der Waals surface area contributed by atoms with E-state index >= 15 is 0 Å². The van der Waals surface area contributed by atoms with E-state index < -0.39 is 0 Å². The normalized spacial score (nSPS) is 20.9. The molecule has 1 aliphatic heterocycles. The molecule has 0 atom stereocenters. The average molecular weight is 305 g/mol. The van der Waals surface area contributed by atoms with Crippen LogP contribution < -0.4 is 0 Å². The van der Waals surface area contributed by atoms with E-state index in [2.05, 4.69) is 30.7 Å². The number of nitrogens with one attached hydrogen (secondary N) is 1. The SMILES string of the molecule is CC(C)(C)c1csc(C2=C(O)CN(C3CCCC3)C2=N)n1. The summed E-state index contributed by atoms with van der Waals surface area (Å²) in [6, 6.07) is 0.416. The molecule has 2 aliphatic rings. The lowest BCUT2D eigenvalue weighted by Gasteiger charge is -2.25. The first-order valence-corrected chi connectivity index (χ1v) is 8.50. The predicted molar refractivity (Wildman–Crippen MR) is 87.1 cm³/mol. The van der Waals surface area contributed by atoms with Gasteiger partial charge < -0.3 is 10.0 Å². The molecule has 1 aromatic heterocycles. The highest BCUT2D eigenvalue weighted by atomic mass is 32.1. The Morgan fingerprint density at radius 3 is 2.57 bits per heavy atom. The number of aromatic nitrogens is 1. The molecule has 0 aromatic carbocycles. The highest BCUT2D eigenvalue weighted by Gasteiger charge is 2.35. The highest BCUT2D eigenvalue weighted by molar-refractivity contribution is 7.11. The fourth-order valence-electron chi connectivity index (χ4n) is 3.09. The van der Waals surface area contributed by atoms with E-state index in [9.17, 15) is 5.11 Å². The van der Waals surface area contributed by atoms with Crippen molar-refractivity contribution in [1.29, 1.82) is 5.41 Å². The third kappa shape index (κ3) is 2.59. The molecule has 21 heavy (non-hydrogen) atoms. The summed E-state index contributed by atoms with van der Waals surface area (Å²) in [5.41, 5.74) is 1.66. The van der Waals surface area contributed by atoms with E-state index in [0.717, 1.165) is 23.5 Å². The van der Waals surface area contributed by atoms with Crippen molar-refractivity contribution in [3.8, 4) is 0 Å². The van der Waals surface area contributed by atoms with Crippen LogP contribution in [0.4, 0.5) is 0 Å². The van der Waals surface area contributed by atoms with Crippen LogP contribution in [0.5, 0.6) is 0 Å². The topological polar surface area (TPSA) is 60.2 Å². The minimum Gasteiger partial charge on any atom is -0.510 e. The van der Waals surface area contributed by atoms with Crippen LogP contribution in [-0.4, -0.2) is 33.4 Å². The molecule has 5 heteroatoms. The molecule has 2 N–H and O–H groups in total. The summed E-state index contributed by atoms with van der Waals surface area (Å²) in [5.74, 6) is 0.760. The Balaban J connectivity index is 1.86. The molecule has 0 spiro atoms. The Hall–Kier alpha value is -1.36. The van der Waals surface area contributed by atoms with Crippen molar-refractivity contribution in [3.63, 3.8) is 0 Å². The molecule has 1 fully saturated rings. The van der Waals surface area contributed by atoms with Crippen molar-refractivity contribution in [2.24, 2.45) is 0 Å². The zero-order valence-electron chi connectivity index (χ0n) is 12.9. The Labute approximate surface area is 130 Å². The number of hydrogen-bond donors (Lipinski definition) is 2. The second-order valence-corrected chi connectivity index (χ2v) is 7.88. The quantitative estimate of drug-likeness (QED) is 0.870. The second kappa shape index (κ2) is 5.13. The van der Waals surface area contributed by atoms with Gasteiger partial charge in [0, 0.05) is 16.8 Å². The van der Waals surface area contributed by atoms with E-state index in [1.54, 1.807) is 0 Å². The van der Waals surface area contributed by atoms with Crippen molar-refractivity contribution in [2.75, 3.05) is 6.54 Å². The standard InChI is InChI=1S/C16H23N3OS/c1-16(2,3)12-9-21-15(18-12)13-11(20)8-19(14(13)17)10-6-4-5-7-10/h9-10,17,20H,4-8H2,1-3H3. The summed E-state index contributed by atoms with van der Waals surface area (Å²) in [6.07, 6.45) is 4.73. The Kier molecular flexibility index (Phi) is 3.56. The van der Waals surface area contributed by atoms with Crippen LogP contribution in [0.2, 0.25) is 0 Å². The van der Waals surface area contributed by atoms with Gasteiger partial charge in [-0.25, -0.2) is 4.98 Å². The lowest BCUT2D eigenvalue weighted by Crippen LogP contribution is -2.35.